The molecule has 2 aromatic rings. The van der Waals surface area contributed by atoms with E-state index in [-0.39, 0.29) is 12.1 Å². The Morgan fingerprint density at radius 2 is 2.04 bits per heavy atom. The molecular weight excluding hydrogens is 308 g/mol. The third-order valence-electron chi connectivity index (χ3n) is 6.21. The van der Waals surface area contributed by atoms with Gasteiger partial charge in [-0.05, 0) is 52.6 Å². The fourth-order valence-corrected chi connectivity index (χ4v) is 5.19. The van der Waals surface area contributed by atoms with E-state index in [9.17, 15) is 4.79 Å². The van der Waals surface area contributed by atoms with Crippen molar-refractivity contribution in [1.29, 1.82) is 0 Å². The van der Waals surface area contributed by atoms with Crippen molar-refractivity contribution in [2.24, 2.45) is 5.92 Å². The van der Waals surface area contributed by atoms with Crippen LogP contribution in [0.2, 0.25) is 0 Å². The van der Waals surface area contributed by atoms with Gasteiger partial charge in [-0.15, -0.1) is 0 Å². The van der Waals surface area contributed by atoms with Crippen LogP contribution in [-0.2, 0) is 22.4 Å². The van der Waals surface area contributed by atoms with Crippen LogP contribution in [0.25, 0.3) is 10.8 Å². The molecule has 0 saturated carbocycles. The lowest BCUT2D eigenvalue weighted by molar-refractivity contribution is -0.148. The molecule has 2 aliphatic rings. The minimum atomic E-state index is -0.143. The van der Waals surface area contributed by atoms with Crippen molar-refractivity contribution in [2.45, 2.75) is 70.8 Å². The molecule has 3 unspecified atom stereocenters. The monoisotopic (exact) mass is 336 g/mol. The Hall–Kier alpha value is -1.83. The molecule has 0 spiro atoms. The fraction of sp³-hybridized carbons (Fsp3) is 0.522. The summed E-state index contributed by atoms with van der Waals surface area (Å²) in [6.45, 7) is 3.81. The number of benzene rings is 2. The number of hydrogen-bond acceptors (Lipinski definition) is 2. The van der Waals surface area contributed by atoms with Crippen molar-refractivity contribution in [3.63, 3.8) is 0 Å². The lowest BCUT2D eigenvalue weighted by atomic mass is 9.65. The van der Waals surface area contributed by atoms with Crippen molar-refractivity contribution in [3.05, 3.63) is 47.0 Å². The van der Waals surface area contributed by atoms with Gasteiger partial charge in [-0.2, -0.15) is 0 Å². The highest BCUT2D eigenvalue weighted by atomic mass is 16.5. The number of unbranched alkanes of at least 4 members (excludes halogenated alkanes) is 2. The number of carbonyl (C=O) groups is 1. The quantitative estimate of drug-likeness (QED) is 0.528. The first-order valence-electron chi connectivity index (χ1n) is 9.89. The van der Waals surface area contributed by atoms with Crippen LogP contribution in [0.3, 0.4) is 0 Å². The summed E-state index contributed by atoms with van der Waals surface area (Å²) in [6, 6.07) is 11.2. The topological polar surface area (TPSA) is 26.3 Å². The maximum absolute atomic E-state index is 11.8. The van der Waals surface area contributed by atoms with Gasteiger partial charge in [0.1, 0.15) is 6.10 Å². The summed E-state index contributed by atoms with van der Waals surface area (Å²) in [6.07, 6.45) is 8.37. The van der Waals surface area contributed by atoms with Gasteiger partial charge in [-0.3, -0.25) is 4.79 Å². The standard InChI is InChI=1S/C23H28O2/c1-3-4-5-7-17-11-13-18-12-10-16-8-6-9-19-14-20(25-15(2)24)22(17)23(18)21(16)19/h6,8-10,12,17,20,22H,3-5,7,11,13-14H2,1-2H3. The first kappa shape index (κ1) is 16.6. The number of rotatable bonds is 5. The van der Waals surface area contributed by atoms with E-state index in [4.69, 9.17) is 4.74 Å². The highest BCUT2D eigenvalue weighted by molar-refractivity contribution is 5.91. The van der Waals surface area contributed by atoms with E-state index in [1.807, 2.05) is 0 Å². The normalized spacial score (nSPS) is 24.3. The van der Waals surface area contributed by atoms with Gasteiger partial charge in [0, 0.05) is 19.3 Å². The Bertz CT molecular complexity index is 792. The molecule has 0 radical (unpaired) electrons. The predicted octanol–water partition coefficient (Wildman–Crippen LogP) is 5.55. The molecule has 2 aromatic carbocycles. The summed E-state index contributed by atoms with van der Waals surface area (Å²) < 4.78 is 5.87. The summed E-state index contributed by atoms with van der Waals surface area (Å²) in [5, 5.41) is 2.80. The number of esters is 1. The highest BCUT2D eigenvalue weighted by Crippen LogP contribution is 2.49. The van der Waals surface area contributed by atoms with Crippen LogP contribution >= 0.6 is 0 Å². The Morgan fingerprint density at radius 1 is 1.16 bits per heavy atom. The van der Waals surface area contributed by atoms with Crippen molar-refractivity contribution in [2.75, 3.05) is 0 Å². The average Bonchev–Trinajstić information content (AvgIpc) is 2.60. The molecule has 2 heteroatoms. The Morgan fingerprint density at radius 3 is 2.84 bits per heavy atom. The molecule has 0 aromatic heterocycles. The lowest BCUT2D eigenvalue weighted by Gasteiger charge is -2.42. The molecule has 2 aliphatic carbocycles. The van der Waals surface area contributed by atoms with E-state index >= 15 is 0 Å². The summed E-state index contributed by atoms with van der Waals surface area (Å²) >= 11 is 0. The molecule has 0 aliphatic heterocycles. The second kappa shape index (κ2) is 6.82. The van der Waals surface area contributed by atoms with Crippen molar-refractivity contribution in [1.82, 2.24) is 0 Å². The van der Waals surface area contributed by atoms with Gasteiger partial charge in [0.25, 0.3) is 0 Å². The molecule has 0 bridgehead atoms. The van der Waals surface area contributed by atoms with E-state index < -0.39 is 0 Å². The summed E-state index contributed by atoms with van der Waals surface area (Å²) in [7, 11) is 0. The maximum atomic E-state index is 11.8. The van der Waals surface area contributed by atoms with E-state index in [0.717, 1.165) is 6.42 Å². The summed E-state index contributed by atoms with van der Waals surface area (Å²) in [5.74, 6) is 0.876. The molecule has 132 valence electrons. The zero-order valence-electron chi connectivity index (χ0n) is 15.4. The second-order valence-corrected chi connectivity index (χ2v) is 7.83. The van der Waals surface area contributed by atoms with Crippen LogP contribution in [0.1, 0.15) is 68.6 Å². The average molecular weight is 336 g/mol. The molecule has 4 rings (SSSR count). The van der Waals surface area contributed by atoms with Gasteiger partial charge in [-0.25, -0.2) is 0 Å². The molecular formula is C23H28O2. The van der Waals surface area contributed by atoms with Gasteiger partial charge in [0.2, 0.25) is 0 Å². The molecule has 25 heavy (non-hydrogen) atoms. The van der Waals surface area contributed by atoms with Crippen LogP contribution in [0.15, 0.2) is 30.3 Å². The molecule has 0 heterocycles. The third kappa shape index (κ3) is 2.96. The SMILES string of the molecule is CCCCCC1CCc2ccc3cccc4c3c2C1C(OC(C)=O)C4. The van der Waals surface area contributed by atoms with Crippen LogP contribution in [0, 0.1) is 5.92 Å². The van der Waals surface area contributed by atoms with Gasteiger partial charge >= 0.3 is 5.97 Å². The first-order valence-corrected chi connectivity index (χ1v) is 9.89. The van der Waals surface area contributed by atoms with Crippen LogP contribution in [0.5, 0.6) is 0 Å². The lowest BCUT2D eigenvalue weighted by Crippen LogP contribution is -2.37. The highest BCUT2D eigenvalue weighted by Gasteiger charge is 2.41. The maximum Gasteiger partial charge on any atom is 0.302 e. The van der Waals surface area contributed by atoms with Gasteiger partial charge < -0.3 is 4.74 Å². The Kier molecular flexibility index (Phi) is 4.54. The fourth-order valence-electron chi connectivity index (χ4n) is 5.19. The van der Waals surface area contributed by atoms with E-state index in [1.54, 1.807) is 6.92 Å². The van der Waals surface area contributed by atoms with E-state index in [2.05, 4.69) is 37.3 Å². The number of hydrogen-bond donors (Lipinski definition) is 0. The molecule has 0 N–H and O–H groups in total. The van der Waals surface area contributed by atoms with Crippen molar-refractivity contribution >= 4 is 16.7 Å². The van der Waals surface area contributed by atoms with Crippen molar-refractivity contribution < 1.29 is 9.53 Å². The molecule has 3 atom stereocenters. The molecule has 2 nitrogen and oxygen atoms in total. The van der Waals surface area contributed by atoms with Crippen molar-refractivity contribution in [3.8, 4) is 0 Å². The summed E-state index contributed by atoms with van der Waals surface area (Å²) in [5.41, 5.74) is 4.33. The minimum absolute atomic E-state index is 0.00340. The van der Waals surface area contributed by atoms with E-state index in [1.165, 1.54) is 66.0 Å². The predicted molar refractivity (Wildman–Crippen MR) is 102 cm³/mol. The minimum Gasteiger partial charge on any atom is -0.462 e. The molecule has 0 amide bonds. The van der Waals surface area contributed by atoms with Gasteiger partial charge in [-0.1, -0.05) is 56.5 Å². The van der Waals surface area contributed by atoms with Crippen LogP contribution < -0.4 is 0 Å². The molecule has 0 fully saturated rings. The zero-order chi connectivity index (χ0) is 17.4. The largest absolute Gasteiger partial charge is 0.462 e. The Balaban J connectivity index is 1.80. The number of ether oxygens (including phenoxy) is 1. The van der Waals surface area contributed by atoms with Crippen LogP contribution in [0.4, 0.5) is 0 Å². The summed E-state index contributed by atoms with van der Waals surface area (Å²) in [4.78, 5) is 11.8. The van der Waals surface area contributed by atoms with Crippen LogP contribution in [-0.4, -0.2) is 12.1 Å². The number of aryl methyl sites for hydroxylation is 1. The second-order valence-electron chi connectivity index (χ2n) is 7.83. The third-order valence-corrected chi connectivity index (χ3v) is 6.21. The first-order chi connectivity index (χ1) is 12.2. The molecule has 0 saturated heterocycles. The van der Waals surface area contributed by atoms with E-state index in [0.29, 0.717) is 11.8 Å². The Labute approximate surface area is 150 Å². The zero-order valence-corrected chi connectivity index (χ0v) is 15.4. The number of carbonyl (C=O) groups excluding carboxylic acids is 1. The smallest absolute Gasteiger partial charge is 0.302 e. The van der Waals surface area contributed by atoms with Gasteiger partial charge in [0.05, 0.1) is 0 Å². The van der Waals surface area contributed by atoms with Gasteiger partial charge in [0.15, 0.2) is 0 Å².